The van der Waals surface area contributed by atoms with Crippen molar-refractivity contribution in [2.75, 3.05) is 26.4 Å². The summed E-state index contributed by atoms with van der Waals surface area (Å²) >= 11 is 0. The Kier molecular flexibility index (Phi) is 62.7. The highest BCUT2D eigenvalue weighted by Gasteiger charge is 2.38. The van der Waals surface area contributed by atoms with Gasteiger partial charge in [0, 0.05) is 57.9 Å². The van der Waals surface area contributed by atoms with Crippen molar-refractivity contribution >= 4 is 103 Å². The largest absolute Gasteiger partial charge is 0.481 e. The second kappa shape index (κ2) is 67.6. The van der Waals surface area contributed by atoms with Crippen molar-refractivity contribution in [2.24, 2.45) is 29.4 Å². The summed E-state index contributed by atoms with van der Waals surface area (Å²) in [6.45, 7) is 14.2. The Bertz CT molecular complexity index is 3300. The van der Waals surface area contributed by atoms with Gasteiger partial charge >= 0.3 is 43.6 Å². The highest BCUT2D eigenvalue weighted by atomic mass is 31.2. The SMILES string of the molecule is CCCCCCCC/C=C\CCCCCCCC(=O)OC[C@H](COP(=O)(O)OCCNC(=O)CCC(=O)N[C@H](C(=O)N[C@@H](CCC(=O)O)C(=O)N[C@H](C(=O)N[C@@H](CCC(=O)O)C(=O)N[C@H](C(=O)N[C@@H](CCC(=O)O)C(=O)N[C@H](C(=O)N[C@@H](CCC(=O)O)C(N)=O)C(C)C)C(C)C)C(C)C)C(C)C)OC(=O)CCCCCCC/C=C\CCCCCCCC. The maximum atomic E-state index is 14.2. The van der Waals surface area contributed by atoms with E-state index in [-0.39, 0.29) is 19.4 Å². The topological polar surface area (TPSA) is 563 Å². The van der Waals surface area contributed by atoms with Crippen molar-refractivity contribution in [1.29, 1.82) is 0 Å². The van der Waals surface area contributed by atoms with Crippen LogP contribution in [0.4, 0.5) is 0 Å². The third-order valence-electron chi connectivity index (χ3n) is 19.8. The van der Waals surface area contributed by atoms with Crippen LogP contribution >= 0.6 is 7.82 Å². The maximum Gasteiger partial charge on any atom is 0.472 e. The van der Waals surface area contributed by atoms with Gasteiger partial charge in [0.15, 0.2) is 6.10 Å². The van der Waals surface area contributed by atoms with Gasteiger partial charge in [-0.15, -0.1) is 0 Å². The van der Waals surface area contributed by atoms with E-state index in [1.807, 2.05) is 0 Å². The Hall–Kier alpha value is -8.89. The number of hydrogen-bond acceptors (Lipinski definition) is 21. The van der Waals surface area contributed by atoms with Gasteiger partial charge < -0.3 is 88.4 Å². The minimum absolute atomic E-state index is 0.0531. The summed E-state index contributed by atoms with van der Waals surface area (Å²) in [5, 5.41) is 59.6. The highest BCUT2D eigenvalue weighted by Crippen LogP contribution is 2.43. The van der Waals surface area contributed by atoms with Gasteiger partial charge in [0.1, 0.15) is 54.9 Å². The Morgan fingerprint density at radius 3 is 0.984 bits per heavy atom. The third-order valence-corrected chi connectivity index (χ3v) is 20.8. The molecule has 0 saturated heterocycles. The molecule has 0 radical (unpaired) electrons. The van der Waals surface area contributed by atoms with Crippen LogP contribution < -0.4 is 53.6 Å². The van der Waals surface area contributed by atoms with Crippen LogP contribution in [0.3, 0.4) is 0 Å². The van der Waals surface area contributed by atoms with Crippen molar-refractivity contribution in [1.82, 2.24) is 47.9 Å². The molecule has 122 heavy (non-hydrogen) atoms. The number of aliphatic carboxylic acids is 4. The number of carbonyl (C=O) groups excluding carboxylic acids is 12. The minimum Gasteiger partial charge on any atom is -0.481 e. The Labute approximate surface area is 720 Å². The number of amides is 10. The van der Waals surface area contributed by atoms with Crippen LogP contribution in [0.15, 0.2) is 24.3 Å². The molecule has 0 heterocycles. The van der Waals surface area contributed by atoms with Crippen LogP contribution in [0, 0.1) is 23.7 Å². The molecule has 0 bridgehead atoms. The number of ether oxygens (including phenoxy) is 2. The van der Waals surface area contributed by atoms with E-state index in [0.29, 0.717) is 12.8 Å². The van der Waals surface area contributed by atoms with Crippen LogP contribution in [0.25, 0.3) is 0 Å². The molecule has 1 unspecified atom stereocenters. The molecule has 37 heteroatoms. The van der Waals surface area contributed by atoms with Crippen LogP contribution in [-0.4, -0.2) is 201 Å². The number of allylic oxidation sites excluding steroid dienone is 4. The second-order valence-corrected chi connectivity index (χ2v) is 33.7. The summed E-state index contributed by atoms with van der Waals surface area (Å²) in [6.07, 6.45) is 30.0. The van der Waals surface area contributed by atoms with Crippen LogP contribution in [0.5, 0.6) is 0 Å². The van der Waals surface area contributed by atoms with Crippen LogP contribution in [0.2, 0.25) is 0 Å². The molecule has 0 fully saturated rings. The van der Waals surface area contributed by atoms with Gasteiger partial charge in [-0.25, -0.2) is 4.57 Å². The molecule has 0 spiro atoms. The van der Waals surface area contributed by atoms with Gasteiger partial charge in [-0.2, -0.15) is 0 Å². The lowest BCUT2D eigenvalue weighted by Crippen LogP contribution is -2.62. The highest BCUT2D eigenvalue weighted by molar-refractivity contribution is 7.47. The van der Waals surface area contributed by atoms with Crippen molar-refractivity contribution in [3.8, 4) is 0 Å². The first-order valence-corrected chi connectivity index (χ1v) is 45.4. The third kappa shape index (κ3) is 57.5. The Balaban J connectivity index is 6.05. The molecule has 16 N–H and O–H groups in total. The lowest BCUT2D eigenvalue weighted by molar-refractivity contribution is -0.161. The van der Waals surface area contributed by atoms with Crippen LogP contribution in [0.1, 0.15) is 313 Å². The predicted octanol–water partition coefficient (Wildman–Crippen LogP) is 8.99. The standard InChI is InChI=1S/C85H147N10O26P/c1-11-13-15-17-19-21-23-25-27-29-31-33-35-37-39-41-72(106)118-55-61(121-73(107)42-40-38-36-34-32-30-28-26-24-22-20-18-16-14-12-2)56-120-122(116,117)119-54-53-87-66(96)47-48-67(97)92-74(57(3)4)82(112)89-63(44-50-69(100)101)79(109)94-76(59(7)8)84(114)91-65(46-52-71(104)105)81(111)95-77(60(9)10)85(115)90-64(45-51-70(102)103)80(110)93-75(58(5)6)83(113)88-62(78(86)108)43-49-68(98)99/h25-28,57-65,74-77H,11-24,29-56H2,1-10H3,(H2,86,108)(H,87,96)(H,88,113)(H,89,112)(H,90,115)(H,91,114)(H,92,97)(H,93,110)(H,94,109)(H,95,111)(H,98,99)(H,100,101)(H,102,103)(H,104,105)(H,116,117)/b27-25-,28-26-/t61-,62+,63+,64+,65+,74+,75+,76+,77+/m1/s1. The van der Waals surface area contributed by atoms with Gasteiger partial charge in [0.25, 0.3) is 0 Å². The molecule has 0 aromatic heterocycles. The fourth-order valence-electron chi connectivity index (χ4n) is 12.5. The average Bonchev–Trinajstić information content (AvgIpc) is 0.843. The fourth-order valence-corrected chi connectivity index (χ4v) is 13.3. The van der Waals surface area contributed by atoms with Crippen LogP contribution in [-0.2, 0) is 99.8 Å². The lowest BCUT2D eigenvalue weighted by Gasteiger charge is -2.30. The van der Waals surface area contributed by atoms with E-state index in [9.17, 15) is 101 Å². The molecular weight excluding hydrogens is 1610 g/mol. The number of hydrogen-bond donors (Lipinski definition) is 15. The number of nitrogens with one attached hydrogen (secondary N) is 9. The number of rotatable bonds is 75. The molecule has 10 atom stereocenters. The van der Waals surface area contributed by atoms with Crippen molar-refractivity contribution in [2.45, 2.75) is 368 Å². The van der Waals surface area contributed by atoms with Crippen molar-refractivity contribution < 1.29 is 125 Å². The summed E-state index contributed by atoms with van der Waals surface area (Å²) in [5.74, 6) is -20.1. The molecule has 0 rings (SSSR count). The zero-order valence-corrected chi connectivity index (χ0v) is 74.7. The number of phosphoric ester groups is 1. The number of esters is 2. The molecule has 0 aromatic carbocycles. The predicted molar refractivity (Wildman–Crippen MR) is 455 cm³/mol. The molecule has 0 aliphatic carbocycles. The zero-order chi connectivity index (χ0) is 92.0. The number of carbonyl (C=O) groups is 16. The first-order chi connectivity index (χ1) is 57.7. The second-order valence-electron chi connectivity index (χ2n) is 32.3. The van der Waals surface area contributed by atoms with E-state index in [1.54, 1.807) is 0 Å². The van der Waals surface area contributed by atoms with Gasteiger partial charge in [0.05, 0.1) is 13.2 Å². The fraction of sp³-hybridized carbons (Fsp3) is 0.765. The Morgan fingerprint density at radius 1 is 0.344 bits per heavy atom. The maximum absolute atomic E-state index is 14.2. The monoisotopic (exact) mass is 1760 g/mol. The molecule has 0 aliphatic heterocycles. The molecular formula is C85H147N10O26P. The summed E-state index contributed by atoms with van der Waals surface area (Å²) in [7, 11) is -4.89. The zero-order valence-electron chi connectivity index (χ0n) is 73.8. The minimum atomic E-state index is -4.89. The summed E-state index contributed by atoms with van der Waals surface area (Å²) in [5.41, 5.74) is 5.37. The first-order valence-electron chi connectivity index (χ1n) is 43.9. The van der Waals surface area contributed by atoms with E-state index >= 15 is 0 Å². The molecule has 36 nitrogen and oxygen atoms in total. The number of primary amides is 1. The van der Waals surface area contributed by atoms with E-state index in [4.69, 9.17) is 29.4 Å². The molecule has 0 saturated carbocycles. The van der Waals surface area contributed by atoms with Gasteiger partial charge in [-0.05, 0) is 114 Å². The quantitative estimate of drug-likeness (QED) is 0.0117. The normalized spacial score (nSPS) is 14.2. The number of carboxylic acids is 4. The number of phosphoric acid groups is 1. The Morgan fingerprint density at radius 2 is 0.648 bits per heavy atom. The van der Waals surface area contributed by atoms with E-state index < -0.39 is 265 Å². The average molecular weight is 1760 g/mol. The molecule has 0 aliphatic rings. The summed E-state index contributed by atoms with van der Waals surface area (Å²) in [4.78, 5) is 220. The first kappa shape index (κ1) is 113. The molecule has 0 aromatic rings. The van der Waals surface area contributed by atoms with Gasteiger partial charge in [-0.1, -0.05) is 196 Å². The van der Waals surface area contributed by atoms with Gasteiger partial charge in [-0.3, -0.25) is 85.8 Å². The van der Waals surface area contributed by atoms with E-state index in [1.165, 1.54) is 132 Å². The van der Waals surface area contributed by atoms with E-state index in [2.05, 4.69) is 86.0 Å². The summed E-state index contributed by atoms with van der Waals surface area (Å²) < 4.78 is 34.4. The van der Waals surface area contributed by atoms with E-state index in [0.717, 1.165) is 77.0 Å². The number of nitrogens with two attached hydrogens (primary N) is 1. The van der Waals surface area contributed by atoms with Gasteiger partial charge in [0.2, 0.25) is 59.1 Å². The number of carboxylic acid groups (broad SMARTS) is 4. The number of unbranched alkanes of at least 4 members (excludes halogenated alkanes) is 22. The van der Waals surface area contributed by atoms with Crippen molar-refractivity contribution in [3.63, 3.8) is 0 Å². The molecule has 698 valence electrons. The molecule has 10 amide bonds. The lowest BCUT2D eigenvalue weighted by atomic mass is 9.99. The summed E-state index contributed by atoms with van der Waals surface area (Å²) in [6, 6.07) is -12.8. The smallest absolute Gasteiger partial charge is 0.472 e. The van der Waals surface area contributed by atoms with Crippen molar-refractivity contribution in [3.05, 3.63) is 24.3 Å².